The summed E-state index contributed by atoms with van der Waals surface area (Å²) in [5.74, 6) is 7.59. The zero-order valence-electron chi connectivity index (χ0n) is 15.5. The van der Waals surface area contributed by atoms with Crippen molar-refractivity contribution < 1.29 is 0 Å². The molecule has 3 heterocycles. The standard InChI is InChI=1S/C20H20ClN5S/c1-13-19(21)25-18(10-5-4-8-16-9-6-7-11-22-16)26-20(13)23-12-17-14(2)24-15(3)27-17/h6-7,9,11H,5,10,12H2,1-3H3,(H,23,25,26). The molecule has 1 N–H and O–H groups in total. The fraction of sp³-hybridized carbons (Fsp3) is 0.300. The number of nitrogens with one attached hydrogen (secondary N) is 1. The molecule has 0 aromatic carbocycles. The Bertz CT molecular complexity index is 989. The van der Waals surface area contributed by atoms with Gasteiger partial charge in [0.25, 0.3) is 0 Å². The summed E-state index contributed by atoms with van der Waals surface area (Å²) in [7, 11) is 0. The first kappa shape index (κ1) is 19.3. The van der Waals surface area contributed by atoms with Crippen LogP contribution < -0.4 is 5.32 Å². The molecule has 27 heavy (non-hydrogen) atoms. The molecule has 0 saturated carbocycles. The average molecular weight is 398 g/mol. The number of nitrogens with zero attached hydrogens (tertiary/aromatic N) is 4. The van der Waals surface area contributed by atoms with E-state index in [1.807, 2.05) is 39.0 Å². The zero-order chi connectivity index (χ0) is 19.2. The van der Waals surface area contributed by atoms with Gasteiger partial charge in [-0.05, 0) is 38.8 Å². The number of pyridine rings is 1. The minimum absolute atomic E-state index is 0.470. The fourth-order valence-corrected chi connectivity index (χ4v) is 3.55. The molecule has 0 amide bonds. The van der Waals surface area contributed by atoms with E-state index < -0.39 is 0 Å². The molecule has 0 spiro atoms. The van der Waals surface area contributed by atoms with E-state index in [1.54, 1.807) is 17.5 Å². The summed E-state index contributed by atoms with van der Waals surface area (Å²) in [4.78, 5) is 18.8. The molecule has 3 aromatic heterocycles. The number of rotatable bonds is 5. The highest BCUT2D eigenvalue weighted by molar-refractivity contribution is 7.11. The summed E-state index contributed by atoms with van der Waals surface area (Å²) < 4.78 is 0. The molecule has 0 aliphatic heterocycles. The normalized spacial score (nSPS) is 10.4. The predicted molar refractivity (Wildman–Crippen MR) is 110 cm³/mol. The first-order valence-electron chi connectivity index (χ1n) is 8.62. The molecule has 138 valence electrons. The molecule has 0 aliphatic carbocycles. The molecule has 3 rings (SSSR count). The minimum atomic E-state index is 0.470. The first-order valence-corrected chi connectivity index (χ1v) is 9.82. The summed E-state index contributed by atoms with van der Waals surface area (Å²) in [6.07, 6.45) is 3.01. The van der Waals surface area contributed by atoms with Crippen molar-refractivity contribution in [2.75, 3.05) is 5.32 Å². The minimum Gasteiger partial charge on any atom is -0.365 e. The van der Waals surface area contributed by atoms with Crippen LogP contribution in [0.1, 0.15) is 39.1 Å². The van der Waals surface area contributed by atoms with Crippen LogP contribution in [-0.4, -0.2) is 19.9 Å². The predicted octanol–water partition coefficient (Wildman–Crippen LogP) is 4.50. The van der Waals surface area contributed by atoms with Crippen molar-refractivity contribution in [1.29, 1.82) is 0 Å². The Morgan fingerprint density at radius 1 is 1.15 bits per heavy atom. The SMILES string of the molecule is Cc1nc(C)c(CNc2nc(CCC#Cc3ccccn3)nc(Cl)c2C)s1. The second kappa shape index (κ2) is 8.94. The lowest BCUT2D eigenvalue weighted by molar-refractivity contribution is 0.881. The Kier molecular flexibility index (Phi) is 6.38. The highest BCUT2D eigenvalue weighted by atomic mass is 35.5. The number of aromatic nitrogens is 4. The maximum Gasteiger partial charge on any atom is 0.137 e. The van der Waals surface area contributed by atoms with Crippen LogP contribution in [0.25, 0.3) is 0 Å². The van der Waals surface area contributed by atoms with Gasteiger partial charge < -0.3 is 5.32 Å². The molecule has 0 saturated heterocycles. The van der Waals surface area contributed by atoms with Crippen molar-refractivity contribution in [2.24, 2.45) is 0 Å². The third kappa shape index (κ3) is 5.25. The van der Waals surface area contributed by atoms with Crippen molar-refractivity contribution in [1.82, 2.24) is 19.9 Å². The van der Waals surface area contributed by atoms with Gasteiger partial charge in [0.2, 0.25) is 0 Å². The van der Waals surface area contributed by atoms with Crippen molar-refractivity contribution in [3.63, 3.8) is 0 Å². The van der Waals surface area contributed by atoms with Crippen LogP contribution >= 0.6 is 22.9 Å². The average Bonchev–Trinajstić information content (AvgIpc) is 2.98. The van der Waals surface area contributed by atoms with Gasteiger partial charge in [-0.15, -0.1) is 11.3 Å². The van der Waals surface area contributed by atoms with Crippen molar-refractivity contribution >= 4 is 28.8 Å². The van der Waals surface area contributed by atoms with E-state index in [2.05, 4.69) is 37.1 Å². The van der Waals surface area contributed by atoms with Gasteiger partial charge in [0.1, 0.15) is 22.5 Å². The van der Waals surface area contributed by atoms with Gasteiger partial charge >= 0.3 is 0 Å². The molecular formula is C20H20ClN5S. The summed E-state index contributed by atoms with van der Waals surface area (Å²) >= 11 is 7.99. The van der Waals surface area contributed by atoms with Gasteiger partial charge in [0.15, 0.2) is 0 Å². The van der Waals surface area contributed by atoms with Crippen molar-refractivity contribution in [3.05, 3.63) is 62.2 Å². The van der Waals surface area contributed by atoms with E-state index in [0.29, 0.717) is 30.4 Å². The molecule has 0 fully saturated rings. The van der Waals surface area contributed by atoms with Gasteiger partial charge in [-0.25, -0.2) is 19.9 Å². The lowest BCUT2D eigenvalue weighted by Crippen LogP contribution is -2.07. The number of thiazole rings is 1. The van der Waals surface area contributed by atoms with E-state index in [4.69, 9.17) is 11.6 Å². The number of aryl methyl sites for hydroxylation is 3. The second-order valence-electron chi connectivity index (χ2n) is 6.02. The maximum atomic E-state index is 6.30. The maximum absolute atomic E-state index is 6.30. The van der Waals surface area contributed by atoms with Crippen LogP contribution in [0.15, 0.2) is 24.4 Å². The molecule has 0 atom stereocenters. The molecule has 0 unspecified atom stereocenters. The quantitative estimate of drug-likeness (QED) is 0.507. The Morgan fingerprint density at radius 2 is 2.00 bits per heavy atom. The van der Waals surface area contributed by atoms with E-state index in [0.717, 1.165) is 27.8 Å². The van der Waals surface area contributed by atoms with Crippen molar-refractivity contribution in [3.8, 4) is 11.8 Å². The highest BCUT2D eigenvalue weighted by Gasteiger charge is 2.11. The van der Waals surface area contributed by atoms with Crippen LogP contribution in [-0.2, 0) is 13.0 Å². The third-order valence-electron chi connectivity index (χ3n) is 3.90. The van der Waals surface area contributed by atoms with Crippen molar-refractivity contribution in [2.45, 2.75) is 40.2 Å². The van der Waals surface area contributed by atoms with Crippen LogP contribution in [0.5, 0.6) is 0 Å². The van der Waals surface area contributed by atoms with Gasteiger partial charge in [0, 0.05) is 29.5 Å². The number of hydrogen-bond acceptors (Lipinski definition) is 6. The van der Waals surface area contributed by atoms with E-state index in [9.17, 15) is 0 Å². The van der Waals surface area contributed by atoms with Gasteiger partial charge in [-0.2, -0.15) is 0 Å². The first-order chi connectivity index (χ1) is 13.0. The third-order valence-corrected chi connectivity index (χ3v) is 5.34. The Labute approximate surface area is 168 Å². The topological polar surface area (TPSA) is 63.6 Å². The van der Waals surface area contributed by atoms with Crippen LogP contribution in [0.4, 0.5) is 5.82 Å². The van der Waals surface area contributed by atoms with Gasteiger partial charge in [0.05, 0.1) is 17.2 Å². The van der Waals surface area contributed by atoms with Gasteiger partial charge in [-0.3, -0.25) is 0 Å². The highest BCUT2D eigenvalue weighted by Crippen LogP contribution is 2.23. The molecule has 0 aliphatic rings. The van der Waals surface area contributed by atoms with E-state index >= 15 is 0 Å². The Morgan fingerprint density at radius 3 is 2.70 bits per heavy atom. The number of hydrogen-bond donors (Lipinski definition) is 1. The molecule has 5 nitrogen and oxygen atoms in total. The Hall–Kier alpha value is -2.49. The van der Waals surface area contributed by atoms with E-state index in [-0.39, 0.29) is 0 Å². The fourth-order valence-electron chi connectivity index (χ4n) is 2.48. The lowest BCUT2D eigenvalue weighted by Gasteiger charge is -2.10. The van der Waals surface area contributed by atoms with Crippen LogP contribution in [0.2, 0.25) is 5.15 Å². The Balaban J connectivity index is 1.66. The zero-order valence-corrected chi connectivity index (χ0v) is 17.1. The molecule has 7 heteroatoms. The second-order valence-corrected chi connectivity index (χ2v) is 7.66. The van der Waals surface area contributed by atoms with Gasteiger partial charge in [-0.1, -0.05) is 23.6 Å². The molecule has 0 radical (unpaired) electrons. The molecular weight excluding hydrogens is 378 g/mol. The monoisotopic (exact) mass is 397 g/mol. The summed E-state index contributed by atoms with van der Waals surface area (Å²) in [6, 6.07) is 5.68. The number of anilines is 1. The largest absolute Gasteiger partial charge is 0.365 e. The molecule has 0 bridgehead atoms. The van der Waals surface area contributed by atoms with Crippen LogP contribution in [0, 0.1) is 32.6 Å². The summed E-state index contributed by atoms with van der Waals surface area (Å²) in [6.45, 7) is 6.62. The van der Waals surface area contributed by atoms with E-state index in [1.165, 1.54) is 4.88 Å². The summed E-state index contributed by atoms with van der Waals surface area (Å²) in [5.41, 5.74) is 2.66. The number of halogens is 1. The molecule has 3 aromatic rings. The lowest BCUT2D eigenvalue weighted by atomic mass is 10.2. The summed E-state index contributed by atoms with van der Waals surface area (Å²) in [5, 5.41) is 4.90. The van der Waals surface area contributed by atoms with Crippen LogP contribution in [0.3, 0.4) is 0 Å². The smallest absolute Gasteiger partial charge is 0.137 e.